The SMILES string of the molecule is COC(=O)c1cc(B(O)O)ccc1C1CC1. The Bertz CT molecular complexity index is 412. The molecule has 0 unspecified atom stereocenters. The van der Waals surface area contributed by atoms with Gasteiger partial charge in [-0.2, -0.15) is 0 Å². The van der Waals surface area contributed by atoms with E-state index in [1.54, 1.807) is 12.1 Å². The lowest BCUT2D eigenvalue weighted by Crippen LogP contribution is -2.30. The van der Waals surface area contributed by atoms with Crippen LogP contribution >= 0.6 is 0 Å². The molecule has 16 heavy (non-hydrogen) atoms. The summed E-state index contributed by atoms with van der Waals surface area (Å²) in [4.78, 5) is 11.6. The highest BCUT2D eigenvalue weighted by atomic mass is 16.5. The fourth-order valence-corrected chi connectivity index (χ4v) is 1.77. The van der Waals surface area contributed by atoms with E-state index in [9.17, 15) is 4.79 Å². The van der Waals surface area contributed by atoms with Crippen molar-refractivity contribution < 1.29 is 19.6 Å². The second-order valence-electron chi connectivity index (χ2n) is 3.99. The maximum atomic E-state index is 11.6. The van der Waals surface area contributed by atoms with Gasteiger partial charge >= 0.3 is 13.1 Å². The summed E-state index contributed by atoms with van der Waals surface area (Å²) in [7, 11) is -0.238. The van der Waals surface area contributed by atoms with Crippen molar-refractivity contribution in [2.24, 2.45) is 0 Å². The molecule has 0 aromatic heterocycles. The van der Waals surface area contributed by atoms with Gasteiger partial charge in [0.2, 0.25) is 0 Å². The standard InChI is InChI=1S/C11H13BO4/c1-16-11(13)10-6-8(12(14)15)4-5-9(10)7-2-3-7/h4-7,14-15H,2-3H2,1H3. The molecule has 0 amide bonds. The van der Waals surface area contributed by atoms with Gasteiger partial charge in [-0.25, -0.2) is 4.79 Å². The van der Waals surface area contributed by atoms with E-state index >= 15 is 0 Å². The van der Waals surface area contributed by atoms with Crippen LogP contribution in [0.25, 0.3) is 0 Å². The smallest absolute Gasteiger partial charge is 0.465 e. The van der Waals surface area contributed by atoms with Gasteiger partial charge in [-0.05, 0) is 35.9 Å². The molecule has 0 atom stereocenters. The van der Waals surface area contributed by atoms with E-state index in [-0.39, 0.29) is 0 Å². The Hall–Kier alpha value is -1.33. The maximum absolute atomic E-state index is 11.6. The summed E-state index contributed by atoms with van der Waals surface area (Å²) in [6, 6.07) is 4.90. The van der Waals surface area contributed by atoms with Crippen LogP contribution in [0, 0.1) is 0 Å². The topological polar surface area (TPSA) is 66.8 Å². The van der Waals surface area contributed by atoms with E-state index in [1.165, 1.54) is 13.2 Å². The van der Waals surface area contributed by atoms with Crippen molar-refractivity contribution in [3.8, 4) is 0 Å². The van der Waals surface area contributed by atoms with Crippen LogP contribution in [-0.2, 0) is 4.74 Å². The van der Waals surface area contributed by atoms with Gasteiger partial charge in [0.15, 0.2) is 0 Å². The van der Waals surface area contributed by atoms with Crippen LogP contribution in [0.15, 0.2) is 18.2 Å². The number of hydrogen-bond acceptors (Lipinski definition) is 4. The number of rotatable bonds is 3. The quantitative estimate of drug-likeness (QED) is 0.557. The lowest BCUT2D eigenvalue weighted by atomic mass is 9.78. The molecule has 5 heteroatoms. The van der Waals surface area contributed by atoms with Gasteiger partial charge in [0.1, 0.15) is 0 Å². The van der Waals surface area contributed by atoms with Crippen LogP contribution in [0.3, 0.4) is 0 Å². The zero-order chi connectivity index (χ0) is 11.7. The van der Waals surface area contributed by atoms with E-state index in [2.05, 4.69) is 4.74 Å². The van der Waals surface area contributed by atoms with Gasteiger partial charge < -0.3 is 14.8 Å². The Morgan fingerprint density at radius 2 is 2.12 bits per heavy atom. The zero-order valence-electron chi connectivity index (χ0n) is 9.01. The highest BCUT2D eigenvalue weighted by Crippen LogP contribution is 2.41. The van der Waals surface area contributed by atoms with Crippen molar-refractivity contribution in [1.82, 2.24) is 0 Å². The highest BCUT2D eigenvalue weighted by molar-refractivity contribution is 6.58. The predicted octanol–water partition coefficient (Wildman–Crippen LogP) is 0.0304. The summed E-state index contributed by atoms with van der Waals surface area (Å²) in [5.41, 5.74) is 1.69. The molecule has 0 heterocycles. The Labute approximate surface area is 94.0 Å². The van der Waals surface area contributed by atoms with Gasteiger partial charge in [-0.3, -0.25) is 0 Å². The van der Waals surface area contributed by atoms with E-state index in [0.29, 0.717) is 16.9 Å². The summed E-state index contributed by atoms with van der Waals surface area (Å²) in [5.74, 6) is -0.0108. The monoisotopic (exact) mass is 220 g/mol. The molecule has 0 aliphatic heterocycles. The van der Waals surface area contributed by atoms with Crippen molar-refractivity contribution in [1.29, 1.82) is 0 Å². The number of benzene rings is 1. The molecule has 0 radical (unpaired) electrons. The van der Waals surface area contributed by atoms with Crippen molar-refractivity contribution >= 4 is 18.6 Å². The normalized spacial score (nSPS) is 14.7. The number of carbonyl (C=O) groups is 1. The van der Waals surface area contributed by atoms with Crippen LogP contribution < -0.4 is 5.46 Å². The predicted molar refractivity (Wildman–Crippen MR) is 59.6 cm³/mol. The third-order valence-corrected chi connectivity index (χ3v) is 2.80. The van der Waals surface area contributed by atoms with Crippen LogP contribution in [0.4, 0.5) is 0 Å². The molecule has 0 bridgehead atoms. The largest absolute Gasteiger partial charge is 0.488 e. The molecule has 1 aliphatic rings. The Kier molecular flexibility index (Phi) is 2.98. The molecule has 0 spiro atoms. The van der Waals surface area contributed by atoms with E-state index in [0.717, 1.165) is 18.4 Å². The molecule has 4 nitrogen and oxygen atoms in total. The third-order valence-electron chi connectivity index (χ3n) is 2.80. The Morgan fingerprint density at radius 3 is 2.62 bits per heavy atom. The van der Waals surface area contributed by atoms with Gasteiger partial charge in [-0.15, -0.1) is 0 Å². The van der Waals surface area contributed by atoms with Gasteiger partial charge in [-0.1, -0.05) is 12.1 Å². The second-order valence-corrected chi connectivity index (χ2v) is 3.99. The lowest BCUT2D eigenvalue weighted by Gasteiger charge is -2.09. The number of carbonyl (C=O) groups excluding carboxylic acids is 1. The minimum Gasteiger partial charge on any atom is -0.465 e. The van der Waals surface area contributed by atoms with Gasteiger partial charge in [0, 0.05) is 0 Å². The molecule has 2 rings (SSSR count). The first-order chi connectivity index (χ1) is 7.63. The number of hydrogen-bond donors (Lipinski definition) is 2. The Balaban J connectivity index is 2.42. The van der Waals surface area contributed by atoms with Crippen molar-refractivity contribution in [3.05, 3.63) is 29.3 Å². The average molecular weight is 220 g/mol. The summed E-state index contributed by atoms with van der Waals surface area (Å²) < 4.78 is 4.69. The van der Waals surface area contributed by atoms with Crippen molar-refractivity contribution in [2.75, 3.05) is 7.11 Å². The van der Waals surface area contributed by atoms with Crippen LogP contribution in [-0.4, -0.2) is 30.2 Å². The Morgan fingerprint density at radius 1 is 1.44 bits per heavy atom. The lowest BCUT2D eigenvalue weighted by molar-refractivity contribution is 0.0599. The molecule has 1 aromatic rings. The number of methoxy groups -OCH3 is 1. The van der Waals surface area contributed by atoms with Gasteiger partial charge in [0.25, 0.3) is 0 Å². The second kappa shape index (κ2) is 4.27. The van der Waals surface area contributed by atoms with E-state index < -0.39 is 13.1 Å². The summed E-state index contributed by atoms with van der Waals surface area (Å²) in [6.45, 7) is 0. The fourth-order valence-electron chi connectivity index (χ4n) is 1.77. The number of esters is 1. The fraction of sp³-hybridized carbons (Fsp3) is 0.364. The molecule has 1 aromatic carbocycles. The van der Waals surface area contributed by atoms with Crippen molar-refractivity contribution in [2.45, 2.75) is 18.8 Å². The van der Waals surface area contributed by atoms with Crippen LogP contribution in [0.2, 0.25) is 0 Å². The first-order valence-electron chi connectivity index (χ1n) is 5.21. The molecule has 1 fully saturated rings. The zero-order valence-corrected chi connectivity index (χ0v) is 9.01. The summed E-state index contributed by atoms with van der Waals surface area (Å²) >= 11 is 0. The number of ether oxygens (including phenoxy) is 1. The average Bonchev–Trinajstić information content (AvgIpc) is 3.11. The first-order valence-corrected chi connectivity index (χ1v) is 5.21. The van der Waals surface area contributed by atoms with E-state index in [4.69, 9.17) is 10.0 Å². The molecule has 2 N–H and O–H groups in total. The molecular weight excluding hydrogens is 207 g/mol. The summed E-state index contributed by atoms with van der Waals surface area (Å²) in [5, 5.41) is 18.1. The maximum Gasteiger partial charge on any atom is 0.488 e. The van der Waals surface area contributed by atoms with Gasteiger partial charge in [0.05, 0.1) is 12.7 Å². The minimum absolute atomic E-state index is 0.310. The first kappa shape index (κ1) is 11.2. The molecule has 1 aliphatic carbocycles. The molecular formula is C11H13BO4. The molecule has 0 saturated heterocycles. The summed E-state index contributed by atoms with van der Waals surface area (Å²) in [6.07, 6.45) is 2.15. The highest BCUT2D eigenvalue weighted by Gasteiger charge is 2.29. The molecule has 84 valence electrons. The van der Waals surface area contributed by atoms with Crippen LogP contribution in [0.5, 0.6) is 0 Å². The van der Waals surface area contributed by atoms with Crippen molar-refractivity contribution in [3.63, 3.8) is 0 Å². The molecule has 1 saturated carbocycles. The van der Waals surface area contributed by atoms with Crippen LogP contribution in [0.1, 0.15) is 34.7 Å². The minimum atomic E-state index is -1.56. The van der Waals surface area contributed by atoms with E-state index in [1.807, 2.05) is 0 Å². The third kappa shape index (κ3) is 2.10.